The highest BCUT2D eigenvalue weighted by atomic mass is 19.1. The Kier molecular flexibility index (Phi) is 3.40. The van der Waals surface area contributed by atoms with E-state index in [9.17, 15) is 9.18 Å². The number of carbonyl (C=O) groups is 1. The molecule has 1 aromatic carbocycles. The second-order valence-electron chi connectivity index (χ2n) is 3.36. The zero-order chi connectivity index (χ0) is 12.1. The Morgan fingerprint density at radius 2 is 2.12 bits per heavy atom. The number of hydrogen-bond donors (Lipinski definition) is 1. The summed E-state index contributed by atoms with van der Waals surface area (Å²) in [4.78, 5) is 19.4. The van der Waals surface area contributed by atoms with Crippen molar-refractivity contribution in [1.82, 2.24) is 15.3 Å². The molecule has 1 heterocycles. The van der Waals surface area contributed by atoms with Gasteiger partial charge >= 0.3 is 0 Å². The Bertz CT molecular complexity index is 516. The van der Waals surface area contributed by atoms with Crippen LogP contribution in [-0.2, 0) is 6.54 Å². The molecule has 0 saturated carbocycles. The van der Waals surface area contributed by atoms with Crippen LogP contribution in [0.4, 0.5) is 4.39 Å². The van der Waals surface area contributed by atoms with E-state index in [2.05, 4.69) is 15.3 Å². The van der Waals surface area contributed by atoms with Gasteiger partial charge in [-0.05, 0) is 18.2 Å². The van der Waals surface area contributed by atoms with Gasteiger partial charge in [-0.25, -0.2) is 14.4 Å². The monoisotopic (exact) mass is 231 g/mol. The van der Waals surface area contributed by atoms with Crippen LogP contribution in [0.25, 0.3) is 0 Å². The fourth-order valence-electron chi connectivity index (χ4n) is 1.33. The molecule has 0 aliphatic heterocycles. The molecule has 0 fully saturated rings. The number of halogens is 1. The van der Waals surface area contributed by atoms with Crippen LogP contribution in [0.2, 0.25) is 0 Å². The van der Waals surface area contributed by atoms with Crippen LogP contribution in [0.5, 0.6) is 0 Å². The SMILES string of the molecule is O=C(NCc1ccncn1)c1ccccc1F. The van der Waals surface area contributed by atoms with Crippen molar-refractivity contribution in [2.24, 2.45) is 0 Å². The maximum atomic E-state index is 13.3. The van der Waals surface area contributed by atoms with E-state index in [0.29, 0.717) is 5.69 Å². The lowest BCUT2D eigenvalue weighted by Crippen LogP contribution is -2.24. The third kappa shape index (κ3) is 2.84. The van der Waals surface area contributed by atoms with Gasteiger partial charge in [0, 0.05) is 6.20 Å². The molecule has 0 aliphatic rings. The summed E-state index contributed by atoms with van der Waals surface area (Å²) in [6, 6.07) is 7.52. The van der Waals surface area contributed by atoms with Crippen LogP contribution in [-0.4, -0.2) is 15.9 Å². The third-order valence-electron chi connectivity index (χ3n) is 2.19. The minimum absolute atomic E-state index is 0.0292. The maximum Gasteiger partial charge on any atom is 0.254 e. The summed E-state index contributed by atoms with van der Waals surface area (Å²) in [7, 11) is 0. The van der Waals surface area contributed by atoms with Crippen LogP contribution in [0.3, 0.4) is 0 Å². The lowest BCUT2D eigenvalue weighted by Gasteiger charge is -2.05. The van der Waals surface area contributed by atoms with Gasteiger partial charge in [-0.2, -0.15) is 0 Å². The average molecular weight is 231 g/mol. The zero-order valence-corrected chi connectivity index (χ0v) is 8.93. The van der Waals surface area contributed by atoms with Crippen molar-refractivity contribution in [3.8, 4) is 0 Å². The first-order valence-corrected chi connectivity index (χ1v) is 5.05. The lowest BCUT2D eigenvalue weighted by atomic mass is 10.2. The summed E-state index contributed by atoms with van der Waals surface area (Å²) in [6.07, 6.45) is 2.97. The zero-order valence-electron chi connectivity index (χ0n) is 8.93. The van der Waals surface area contributed by atoms with Crippen LogP contribution in [0.1, 0.15) is 16.1 Å². The number of nitrogens with one attached hydrogen (secondary N) is 1. The minimum Gasteiger partial charge on any atom is -0.346 e. The average Bonchev–Trinajstić information content (AvgIpc) is 2.38. The molecule has 1 amide bonds. The topological polar surface area (TPSA) is 54.9 Å². The first-order chi connectivity index (χ1) is 8.27. The molecule has 86 valence electrons. The molecule has 0 atom stereocenters. The number of benzene rings is 1. The Morgan fingerprint density at radius 3 is 2.82 bits per heavy atom. The van der Waals surface area contributed by atoms with E-state index in [1.54, 1.807) is 18.3 Å². The number of amides is 1. The van der Waals surface area contributed by atoms with Crippen LogP contribution >= 0.6 is 0 Å². The third-order valence-corrected chi connectivity index (χ3v) is 2.19. The number of nitrogens with zero attached hydrogens (tertiary/aromatic N) is 2. The molecular formula is C12H10FN3O. The van der Waals surface area contributed by atoms with E-state index in [0.717, 1.165) is 0 Å². The largest absolute Gasteiger partial charge is 0.346 e. The fourth-order valence-corrected chi connectivity index (χ4v) is 1.33. The highest BCUT2D eigenvalue weighted by Gasteiger charge is 2.09. The van der Waals surface area contributed by atoms with Gasteiger partial charge in [0.05, 0.1) is 17.8 Å². The van der Waals surface area contributed by atoms with E-state index < -0.39 is 11.7 Å². The van der Waals surface area contributed by atoms with Crippen molar-refractivity contribution in [3.05, 3.63) is 59.9 Å². The first-order valence-electron chi connectivity index (χ1n) is 5.05. The summed E-state index contributed by atoms with van der Waals surface area (Å²) < 4.78 is 13.3. The van der Waals surface area contributed by atoms with Gasteiger partial charge in [0.2, 0.25) is 0 Å². The highest BCUT2D eigenvalue weighted by molar-refractivity contribution is 5.94. The van der Waals surface area contributed by atoms with Crippen LogP contribution < -0.4 is 5.32 Å². The molecule has 0 radical (unpaired) electrons. The highest BCUT2D eigenvalue weighted by Crippen LogP contribution is 2.06. The second-order valence-corrected chi connectivity index (χ2v) is 3.36. The van der Waals surface area contributed by atoms with Gasteiger partial charge in [-0.3, -0.25) is 4.79 Å². The van der Waals surface area contributed by atoms with Gasteiger partial charge in [-0.15, -0.1) is 0 Å². The molecule has 0 unspecified atom stereocenters. The quantitative estimate of drug-likeness (QED) is 0.871. The molecule has 0 spiro atoms. The standard InChI is InChI=1S/C12H10FN3O/c13-11-4-2-1-3-10(11)12(17)15-7-9-5-6-14-8-16-9/h1-6,8H,7H2,(H,15,17). The molecule has 0 bridgehead atoms. The van der Waals surface area contributed by atoms with E-state index in [4.69, 9.17) is 0 Å². The summed E-state index contributed by atoms with van der Waals surface area (Å²) in [5, 5.41) is 2.59. The number of rotatable bonds is 3. The van der Waals surface area contributed by atoms with Gasteiger partial charge < -0.3 is 5.32 Å². The van der Waals surface area contributed by atoms with Crippen molar-refractivity contribution in [2.75, 3.05) is 0 Å². The molecule has 2 aromatic rings. The van der Waals surface area contributed by atoms with Crippen LogP contribution in [0, 0.1) is 5.82 Å². The van der Waals surface area contributed by atoms with E-state index in [1.165, 1.54) is 24.5 Å². The second kappa shape index (κ2) is 5.16. The number of aromatic nitrogens is 2. The molecule has 1 N–H and O–H groups in total. The van der Waals surface area contributed by atoms with Crippen molar-refractivity contribution < 1.29 is 9.18 Å². The molecule has 17 heavy (non-hydrogen) atoms. The molecule has 2 rings (SSSR count). The Hall–Kier alpha value is -2.30. The van der Waals surface area contributed by atoms with Gasteiger partial charge in [-0.1, -0.05) is 12.1 Å². The molecule has 4 nitrogen and oxygen atoms in total. The summed E-state index contributed by atoms with van der Waals surface area (Å²) >= 11 is 0. The molecule has 0 aliphatic carbocycles. The number of hydrogen-bond acceptors (Lipinski definition) is 3. The lowest BCUT2D eigenvalue weighted by molar-refractivity contribution is 0.0946. The Morgan fingerprint density at radius 1 is 1.29 bits per heavy atom. The van der Waals surface area contributed by atoms with Gasteiger partial charge in [0.25, 0.3) is 5.91 Å². The van der Waals surface area contributed by atoms with Crippen molar-refractivity contribution in [1.29, 1.82) is 0 Å². The van der Waals surface area contributed by atoms with Gasteiger partial charge in [0.1, 0.15) is 12.1 Å². The molecule has 0 saturated heterocycles. The maximum absolute atomic E-state index is 13.3. The van der Waals surface area contributed by atoms with Crippen molar-refractivity contribution >= 4 is 5.91 Å². The summed E-state index contributed by atoms with van der Waals surface area (Å²) in [6.45, 7) is 0.246. The molecule has 5 heteroatoms. The fraction of sp³-hybridized carbons (Fsp3) is 0.0833. The predicted molar refractivity (Wildman–Crippen MR) is 59.6 cm³/mol. The smallest absolute Gasteiger partial charge is 0.254 e. The molecular weight excluding hydrogens is 221 g/mol. The number of carbonyl (C=O) groups excluding carboxylic acids is 1. The Balaban J connectivity index is 2.01. The van der Waals surface area contributed by atoms with Crippen molar-refractivity contribution in [2.45, 2.75) is 6.54 Å². The predicted octanol–water partition coefficient (Wildman–Crippen LogP) is 1.55. The van der Waals surface area contributed by atoms with E-state index >= 15 is 0 Å². The van der Waals surface area contributed by atoms with Crippen LogP contribution in [0.15, 0.2) is 42.9 Å². The normalized spacial score (nSPS) is 9.94. The minimum atomic E-state index is -0.535. The van der Waals surface area contributed by atoms with Crippen molar-refractivity contribution in [3.63, 3.8) is 0 Å². The molecule has 1 aromatic heterocycles. The Labute approximate surface area is 97.5 Å². The van der Waals surface area contributed by atoms with E-state index in [-0.39, 0.29) is 12.1 Å². The first kappa shape index (κ1) is 11.2. The van der Waals surface area contributed by atoms with E-state index in [1.807, 2.05) is 0 Å². The summed E-state index contributed by atoms with van der Waals surface area (Å²) in [5.41, 5.74) is 0.700. The summed E-state index contributed by atoms with van der Waals surface area (Å²) in [5.74, 6) is -0.991. The van der Waals surface area contributed by atoms with Gasteiger partial charge in [0.15, 0.2) is 0 Å².